The number of halogens is 1. The second kappa shape index (κ2) is 9.17. The van der Waals surface area contributed by atoms with Gasteiger partial charge in [0.05, 0.1) is 12.1 Å². The van der Waals surface area contributed by atoms with Crippen LogP contribution in [0.3, 0.4) is 0 Å². The number of piperazine rings is 1. The van der Waals surface area contributed by atoms with E-state index in [0.717, 1.165) is 53.7 Å². The van der Waals surface area contributed by atoms with Crippen molar-refractivity contribution >= 4 is 34.4 Å². The second-order valence-corrected chi connectivity index (χ2v) is 8.38. The molecule has 2 aliphatic heterocycles. The molecule has 2 aliphatic rings. The van der Waals surface area contributed by atoms with Crippen molar-refractivity contribution in [2.75, 3.05) is 45.8 Å². The van der Waals surface area contributed by atoms with Gasteiger partial charge in [-0.05, 0) is 54.0 Å². The van der Waals surface area contributed by atoms with E-state index in [2.05, 4.69) is 27.5 Å². The molecule has 0 radical (unpaired) electrons. The maximum Gasteiger partial charge on any atom is 0.255 e. The summed E-state index contributed by atoms with van der Waals surface area (Å²) < 4.78 is 1.04. The zero-order valence-electron chi connectivity index (χ0n) is 15.5. The van der Waals surface area contributed by atoms with E-state index in [1.54, 1.807) is 0 Å². The standard InChI is InChI=1S/C20H28IN3O2/c1-16-7-6-8-17(19(16)21)20(26)24-13-11-22(12-14-24)15-18(25)23-9-4-2-3-5-10-23/h6-8H,2-5,9-15H2,1H3. The van der Waals surface area contributed by atoms with Crippen molar-refractivity contribution in [3.05, 3.63) is 32.9 Å². The van der Waals surface area contributed by atoms with Crippen molar-refractivity contribution in [3.63, 3.8) is 0 Å². The number of carbonyl (C=O) groups excluding carboxylic acids is 2. The van der Waals surface area contributed by atoms with Crippen LogP contribution in [0.1, 0.15) is 41.6 Å². The fraction of sp³-hybridized carbons (Fsp3) is 0.600. The van der Waals surface area contributed by atoms with Crippen molar-refractivity contribution in [3.8, 4) is 0 Å². The van der Waals surface area contributed by atoms with Gasteiger partial charge in [0.2, 0.25) is 5.91 Å². The van der Waals surface area contributed by atoms with Gasteiger partial charge in [0.25, 0.3) is 5.91 Å². The van der Waals surface area contributed by atoms with Gasteiger partial charge in [0, 0.05) is 42.8 Å². The zero-order valence-corrected chi connectivity index (χ0v) is 17.7. The van der Waals surface area contributed by atoms with E-state index in [1.165, 1.54) is 12.8 Å². The summed E-state index contributed by atoms with van der Waals surface area (Å²) in [5.41, 5.74) is 1.93. The van der Waals surface area contributed by atoms with Gasteiger partial charge in [-0.3, -0.25) is 14.5 Å². The van der Waals surface area contributed by atoms with Crippen LogP contribution in [0.15, 0.2) is 18.2 Å². The number of hydrogen-bond donors (Lipinski definition) is 0. The van der Waals surface area contributed by atoms with Crippen LogP contribution < -0.4 is 0 Å². The molecule has 142 valence electrons. The topological polar surface area (TPSA) is 43.9 Å². The predicted octanol–water partition coefficient (Wildman–Crippen LogP) is 2.76. The minimum absolute atomic E-state index is 0.108. The predicted molar refractivity (Wildman–Crippen MR) is 111 cm³/mol. The van der Waals surface area contributed by atoms with Crippen molar-refractivity contribution < 1.29 is 9.59 Å². The maximum atomic E-state index is 12.8. The van der Waals surface area contributed by atoms with Gasteiger partial charge < -0.3 is 9.80 Å². The van der Waals surface area contributed by atoms with Crippen LogP contribution in [0, 0.1) is 10.5 Å². The summed E-state index contributed by atoms with van der Waals surface area (Å²) in [6, 6.07) is 5.89. The molecular weight excluding hydrogens is 441 g/mol. The third kappa shape index (κ3) is 4.76. The minimum Gasteiger partial charge on any atom is -0.342 e. The van der Waals surface area contributed by atoms with E-state index < -0.39 is 0 Å². The highest BCUT2D eigenvalue weighted by molar-refractivity contribution is 14.1. The quantitative estimate of drug-likeness (QED) is 0.640. The molecule has 0 unspecified atom stereocenters. The summed E-state index contributed by atoms with van der Waals surface area (Å²) in [7, 11) is 0. The van der Waals surface area contributed by atoms with Crippen LogP contribution in [-0.4, -0.2) is 72.3 Å². The van der Waals surface area contributed by atoms with Crippen molar-refractivity contribution in [1.29, 1.82) is 0 Å². The number of rotatable bonds is 3. The Hall–Kier alpha value is -1.15. The highest BCUT2D eigenvalue weighted by Crippen LogP contribution is 2.19. The number of amides is 2. The van der Waals surface area contributed by atoms with Crippen LogP contribution in [0.4, 0.5) is 0 Å². The molecule has 0 spiro atoms. The molecule has 2 amide bonds. The van der Waals surface area contributed by atoms with Crippen LogP contribution in [-0.2, 0) is 4.79 Å². The molecule has 1 aromatic rings. The molecule has 0 N–H and O–H groups in total. The smallest absolute Gasteiger partial charge is 0.255 e. The Morgan fingerprint density at radius 3 is 2.23 bits per heavy atom. The first kappa shape index (κ1) is 19.6. The average Bonchev–Trinajstić information content (AvgIpc) is 2.94. The Balaban J connectivity index is 1.51. The lowest BCUT2D eigenvalue weighted by Crippen LogP contribution is -2.51. The lowest BCUT2D eigenvalue weighted by molar-refractivity contribution is -0.132. The van der Waals surface area contributed by atoms with E-state index in [-0.39, 0.29) is 11.8 Å². The molecule has 6 heteroatoms. The van der Waals surface area contributed by atoms with Gasteiger partial charge >= 0.3 is 0 Å². The lowest BCUT2D eigenvalue weighted by Gasteiger charge is -2.35. The molecule has 2 fully saturated rings. The zero-order chi connectivity index (χ0) is 18.5. The van der Waals surface area contributed by atoms with Crippen molar-refractivity contribution in [1.82, 2.24) is 14.7 Å². The van der Waals surface area contributed by atoms with Gasteiger partial charge in [-0.25, -0.2) is 0 Å². The molecule has 26 heavy (non-hydrogen) atoms. The summed E-state index contributed by atoms with van der Waals surface area (Å²) in [4.78, 5) is 31.5. The van der Waals surface area contributed by atoms with Gasteiger partial charge in [0.1, 0.15) is 0 Å². The van der Waals surface area contributed by atoms with Crippen LogP contribution in [0.25, 0.3) is 0 Å². The monoisotopic (exact) mass is 469 g/mol. The number of likely N-dealkylation sites (tertiary alicyclic amines) is 1. The van der Waals surface area contributed by atoms with Crippen LogP contribution in [0.2, 0.25) is 0 Å². The molecule has 3 rings (SSSR count). The second-order valence-electron chi connectivity index (χ2n) is 7.30. The Morgan fingerprint density at radius 1 is 0.923 bits per heavy atom. The van der Waals surface area contributed by atoms with Gasteiger partial charge in [-0.2, -0.15) is 0 Å². The van der Waals surface area contributed by atoms with Crippen LogP contribution >= 0.6 is 22.6 Å². The molecule has 0 bridgehead atoms. The fourth-order valence-corrected chi connectivity index (χ4v) is 4.29. The molecule has 0 aliphatic carbocycles. The first-order valence-corrected chi connectivity index (χ1v) is 10.7. The van der Waals surface area contributed by atoms with Crippen molar-refractivity contribution in [2.45, 2.75) is 32.6 Å². The third-order valence-electron chi connectivity index (χ3n) is 5.40. The van der Waals surface area contributed by atoms with Gasteiger partial charge in [-0.1, -0.05) is 25.0 Å². The number of aryl methyl sites for hydroxylation is 1. The summed E-state index contributed by atoms with van der Waals surface area (Å²) >= 11 is 2.26. The maximum absolute atomic E-state index is 12.8. The first-order valence-electron chi connectivity index (χ1n) is 9.61. The van der Waals surface area contributed by atoms with Crippen LogP contribution in [0.5, 0.6) is 0 Å². The average molecular weight is 469 g/mol. The molecule has 0 saturated carbocycles. The number of benzene rings is 1. The number of carbonyl (C=O) groups is 2. The van der Waals surface area contributed by atoms with E-state index in [1.807, 2.05) is 34.9 Å². The minimum atomic E-state index is 0.108. The van der Waals surface area contributed by atoms with Gasteiger partial charge in [0.15, 0.2) is 0 Å². The SMILES string of the molecule is Cc1cccc(C(=O)N2CCN(CC(=O)N3CCCCCC3)CC2)c1I. The lowest BCUT2D eigenvalue weighted by atomic mass is 10.1. The van der Waals surface area contributed by atoms with E-state index in [9.17, 15) is 9.59 Å². The van der Waals surface area contributed by atoms with Crippen molar-refractivity contribution in [2.24, 2.45) is 0 Å². The summed E-state index contributed by atoms with van der Waals surface area (Å²) in [5, 5.41) is 0. The number of hydrogen-bond acceptors (Lipinski definition) is 3. The number of nitrogens with zero attached hydrogens (tertiary/aromatic N) is 3. The Kier molecular flexibility index (Phi) is 6.92. The molecule has 5 nitrogen and oxygen atoms in total. The molecule has 1 aromatic carbocycles. The fourth-order valence-electron chi connectivity index (χ4n) is 3.70. The van der Waals surface area contributed by atoms with E-state index in [4.69, 9.17) is 0 Å². The molecular formula is C20H28IN3O2. The highest BCUT2D eigenvalue weighted by Gasteiger charge is 2.26. The normalized spacial score (nSPS) is 19.3. The largest absolute Gasteiger partial charge is 0.342 e. The Morgan fingerprint density at radius 2 is 1.58 bits per heavy atom. The molecule has 2 saturated heterocycles. The highest BCUT2D eigenvalue weighted by atomic mass is 127. The molecule has 0 atom stereocenters. The molecule has 0 aromatic heterocycles. The first-order chi connectivity index (χ1) is 12.6. The summed E-state index contributed by atoms with van der Waals surface area (Å²) in [5.74, 6) is 0.358. The Bertz CT molecular complexity index is 648. The Labute approximate surface area is 169 Å². The van der Waals surface area contributed by atoms with E-state index >= 15 is 0 Å². The van der Waals surface area contributed by atoms with E-state index in [0.29, 0.717) is 19.6 Å². The third-order valence-corrected chi connectivity index (χ3v) is 6.83. The summed E-state index contributed by atoms with van der Waals surface area (Å²) in [6.45, 7) is 7.26. The van der Waals surface area contributed by atoms with Gasteiger partial charge in [-0.15, -0.1) is 0 Å². The summed E-state index contributed by atoms with van der Waals surface area (Å²) in [6.07, 6.45) is 4.73. The molecule has 2 heterocycles.